The average Bonchev–Trinajstić information content (AvgIpc) is 3.07. The minimum absolute atomic E-state index is 0.0411. The van der Waals surface area contributed by atoms with Crippen molar-refractivity contribution in [3.05, 3.63) is 95.5 Å². The number of amides is 1. The Morgan fingerprint density at radius 1 is 1.03 bits per heavy atom. The zero-order valence-electron chi connectivity index (χ0n) is 20.4. The molecule has 2 aliphatic rings. The highest BCUT2D eigenvalue weighted by Gasteiger charge is 2.41. The van der Waals surface area contributed by atoms with Crippen LogP contribution in [0.3, 0.4) is 0 Å². The number of carbonyl (C=O) groups excluding carboxylic acids is 2. The number of ketones is 1. The third-order valence-corrected chi connectivity index (χ3v) is 6.90. The minimum Gasteiger partial charge on any atom is -0.497 e. The van der Waals surface area contributed by atoms with Gasteiger partial charge in [-0.3, -0.25) is 24.3 Å². The van der Waals surface area contributed by atoms with Crippen LogP contribution in [0.5, 0.6) is 5.75 Å². The molecule has 0 spiro atoms. The highest BCUT2D eigenvalue weighted by atomic mass is 16.5. The van der Waals surface area contributed by atoms with Crippen molar-refractivity contribution in [1.82, 2.24) is 4.98 Å². The molecule has 37 heavy (non-hydrogen) atoms. The molecule has 0 radical (unpaired) electrons. The molecule has 0 saturated carbocycles. The van der Waals surface area contributed by atoms with Crippen molar-refractivity contribution in [2.45, 2.75) is 37.6 Å². The summed E-state index contributed by atoms with van der Waals surface area (Å²) in [6.45, 7) is 0. The number of carboxylic acids is 1. The number of nitrogens with one attached hydrogen (secondary N) is 1. The first kappa shape index (κ1) is 24.2. The molecule has 1 aliphatic heterocycles. The topological polar surface area (TPSA) is 109 Å². The van der Waals surface area contributed by atoms with Gasteiger partial charge in [-0.25, -0.2) is 0 Å². The molecule has 5 rings (SSSR count). The number of ether oxygens (including phenoxy) is 1. The zero-order valence-corrected chi connectivity index (χ0v) is 20.4. The quantitative estimate of drug-likeness (QED) is 0.501. The molecule has 0 unspecified atom stereocenters. The fraction of sp³-hybridized carbons (Fsp3) is 0.241. The van der Waals surface area contributed by atoms with Crippen LogP contribution in [0.2, 0.25) is 0 Å². The lowest BCUT2D eigenvalue weighted by molar-refractivity contribution is -0.138. The molecule has 3 aromatic rings. The number of carboxylic acid groups (broad SMARTS) is 1. The number of aliphatic carboxylic acids is 1. The van der Waals surface area contributed by atoms with E-state index >= 15 is 0 Å². The number of benzene rings is 2. The van der Waals surface area contributed by atoms with Gasteiger partial charge in [0.1, 0.15) is 5.75 Å². The largest absolute Gasteiger partial charge is 0.497 e. The van der Waals surface area contributed by atoms with E-state index in [4.69, 9.17) is 4.74 Å². The number of hydrogen-bond acceptors (Lipinski definition) is 6. The molecule has 2 atom stereocenters. The summed E-state index contributed by atoms with van der Waals surface area (Å²) >= 11 is 0. The molecule has 0 saturated heterocycles. The second-order valence-electron chi connectivity index (χ2n) is 9.18. The van der Waals surface area contributed by atoms with Crippen LogP contribution < -0.4 is 15.0 Å². The predicted molar refractivity (Wildman–Crippen MR) is 138 cm³/mol. The fourth-order valence-corrected chi connectivity index (χ4v) is 5.16. The van der Waals surface area contributed by atoms with Gasteiger partial charge in [0.05, 0.1) is 30.9 Å². The van der Waals surface area contributed by atoms with Gasteiger partial charge in [0.25, 0.3) is 0 Å². The number of methoxy groups -OCH3 is 1. The number of aromatic nitrogens is 1. The van der Waals surface area contributed by atoms with Crippen LogP contribution in [0.15, 0.2) is 84.3 Å². The van der Waals surface area contributed by atoms with Crippen LogP contribution in [0.25, 0.3) is 0 Å². The standard InChI is InChI=1S/C29H27N3O5/c1-37-21-10-8-18(9-11-21)20-15-23-28(25(33)16-20)29(19-5-4-14-30-17-19)32(26(34)12-13-27(35)36)24-7-3-2-6-22(24)31-23/h2-11,14,17,20,29,31H,12-13,15-16H2,1H3,(H,35,36)/t20-,29+/m1/s1. The Balaban J connectivity index is 1.64. The van der Waals surface area contributed by atoms with E-state index in [1.54, 1.807) is 30.5 Å². The third-order valence-electron chi connectivity index (χ3n) is 6.90. The number of anilines is 2. The molecule has 2 heterocycles. The lowest BCUT2D eigenvalue weighted by Gasteiger charge is -2.35. The first-order valence-electron chi connectivity index (χ1n) is 12.2. The maximum absolute atomic E-state index is 13.9. The minimum atomic E-state index is -1.05. The van der Waals surface area contributed by atoms with Gasteiger partial charge in [-0.2, -0.15) is 0 Å². The van der Waals surface area contributed by atoms with Crippen molar-refractivity contribution in [1.29, 1.82) is 0 Å². The van der Waals surface area contributed by atoms with Crippen molar-refractivity contribution in [3.8, 4) is 5.75 Å². The van der Waals surface area contributed by atoms with Crippen LogP contribution in [0.4, 0.5) is 11.4 Å². The molecule has 0 bridgehead atoms. The summed E-state index contributed by atoms with van der Waals surface area (Å²) in [5.41, 5.74) is 4.27. The Morgan fingerprint density at radius 3 is 2.51 bits per heavy atom. The molecular formula is C29H27N3O5. The number of hydrogen-bond donors (Lipinski definition) is 2. The Kier molecular flexibility index (Phi) is 6.72. The summed E-state index contributed by atoms with van der Waals surface area (Å²) in [7, 11) is 1.62. The van der Waals surface area contributed by atoms with E-state index in [1.165, 1.54) is 0 Å². The maximum atomic E-state index is 13.9. The van der Waals surface area contributed by atoms with E-state index in [2.05, 4.69) is 10.3 Å². The van der Waals surface area contributed by atoms with Gasteiger partial charge >= 0.3 is 5.97 Å². The molecule has 8 nitrogen and oxygen atoms in total. The Morgan fingerprint density at radius 2 is 1.81 bits per heavy atom. The van der Waals surface area contributed by atoms with E-state index in [0.717, 1.165) is 17.0 Å². The summed E-state index contributed by atoms with van der Waals surface area (Å²) in [4.78, 5) is 44.6. The van der Waals surface area contributed by atoms with Crippen molar-refractivity contribution >= 4 is 29.0 Å². The second kappa shape index (κ2) is 10.3. The molecular weight excluding hydrogens is 470 g/mol. The molecule has 0 fully saturated rings. The summed E-state index contributed by atoms with van der Waals surface area (Å²) < 4.78 is 5.28. The first-order valence-corrected chi connectivity index (χ1v) is 12.2. The summed E-state index contributed by atoms with van der Waals surface area (Å²) in [5.74, 6) is -0.778. The summed E-state index contributed by atoms with van der Waals surface area (Å²) in [6, 6.07) is 18.0. The van der Waals surface area contributed by atoms with Crippen molar-refractivity contribution in [3.63, 3.8) is 0 Å². The van der Waals surface area contributed by atoms with Crippen LogP contribution in [0, 0.1) is 0 Å². The number of nitrogens with zero attached hydrogens (tertiary/aromatic N) is 2. The maximum Gasteiger partial charge on any atom is 0.303 e. The number of para-hydroxylation sites is 2. The molecule has 2 aromatic carbocycles. The third kappa shape index (κ3) is 4.82. The number of fused-ring (bicyclic) bond motifs is 1. The van der Waals surface area contributed by atoms with Gasteiger partial charge in [0, 0.05) is 36.5 Å². The van der Waals surface area contributed by atoms with Gasteiger partial charge < -0.3 is 15.2 Å². The van der Waals surface area contributed by atoms with E-state index in [0.29, 0.717) is 28.9 Å². The fourth-order valence-electron chi connectivity index (χ4n) is 5.16. The second-order valence-corrected chi connectivity index (χ2v) is 9.18. The molecule has 1 aromatic heterocycles. The number of rotatable bonds is 6. The smallest absolute Gasteiger partial charge is 0.303 e. The first-order chi connectivity index (χ1) is 18.0. The average molecular weight is 498 g/mol. The number of carbonyl (C=O) groups is 3. The van der Waals surface area contributed by atoms with Crippen LogP contribution >= 0.6 is 0 Å². The molecule has 2 N–H and O–H groups in total. The molecule has 8 heteroatoms. The van der Waals surface area contributed by atoms with Gasteiger partial charge in [0.15, 0.2) is 5.78 Å². The summed E-state index contributed by atoms with van der Waals surface area (Å²) in [5, 5.41) is 12.7. The van der Waals surface area contributed by atoms with E-state index in [9.17, 15) is 19.5 Å². The SMILES string of the molecule is COc1ccc([C@H]2CC(=O)C3=C(C2)Nc2ccccc2N(C(=O)CCC(=O)O)[C@H]3c2cccnc2)cc1. The number of pyridine rings is 1. The monoisotopic (exact) mass is 497 g/mol. The molecule has 1 amide bonds. The normalized spacial score (nSPS) is 18.8. The lowest BCUT2D eigenvalue weighted by atomic mass is 9.78. The number of Topliss-reactive ketones (excluding diaryl/α,β-unsaturated/α-hetero) is 1. The highest BCUT2D eigenvalue weighted by molar-refractivity contribution is 6.06. The van der Waals surface area contributed by atoms with Crippen LogP contribution in [-0.2, 0) is 14.4 Å². The molecule has 188 valence electrons. The molecule has 1 aliphatic carbocycles. The lowest BCUT2D eigenvalue weighted by Crippen LogP contribution is -2.38. The zero-order chi connectivity index (χ0) is 25.9. The van der Waals surface area contributed by atoms with Gasteiger partial charge in [-0.15, -0.1) is 0 Å². The van der Waals surface area contributed by atoms with Crippen LogP contribution in [0.1, 0.15) is 48.8 Å². The van der Waals surface area contributed by atoms with Crippen molar-refractivity contribution in [2.24, 2.45) is 0 Å². The van der Waals surface area contributed by atoms with Crippen molar-refractivity contribution < 1.29 is 24.2 Å². The number of allylic oxidation sites excluding steroid dienone is 1. The predicted octanol–water partition coefficient (Wildman–Crippen LogP) is 4.86. The van der Waals surface area contributed by atoms with E-state index in [-0.39, 0.29) is 36.9 Å². The Labute approximate surface area is 214 Å². The van der Waals surface area contributed by atoms with Gasteiger partial charge in [0.2, 0.25) is 5.91 Å². The van der Waals surface area contributed by atoms with Gasteiger partial charge in [-0.05, 0) is 53.8 Å². The van der Waals surface area contributed by atoms with E-state index in [1.807, 2.05) is 54.6 Å². The van der Waals surface area contributed by atoms with Crippen molar-refractivity contribution in [2.75, 3.05) is 17.3 Å². The highest BCUT2D eigenvalue weighted by Crippen LogP contribution is 2.47. The van der Waals surface area contributed by atoms with E-state index < -0.39 is 12.0 Å². The van der Waals surface area contributed by atoms with Crippen LogP contribution in [-0.4, -0.2) is 34.9 Å². The van der Waals surface area contributed by atoms with Gasteiger partial charge in [-0.1, -0.05) is 30.3 Å². The Hall–Kier alpha value is -4.46. The Bertz CT molecular complexity index is 1370. The summed E-state index contributed by atoms with van der Waals surface area (Å²) in [6.07, 6.45) is 3.67.